The number of hydrogen-bond acceptors (Lipinski definition) is 3. The molecule has 4 rings (SSSR count). The Kier molecular flexibility index (Phi) is 3.56. The van der Waals surface area contributed by atoms with Gasteiger partial charge in [-0.1, -0.05) is 54.6 Å². The summed E-state index contributed by atoms with van der Waals surface area (Å²) in [6.07, 6.45) is 2.97. The molecular formula is C20H19N3. The number of para-hydroxylation sites is 1. The van der Waals surface area contributed by atoms with Gasteiger partial charge in [0.25, 0.3) is 0 Å². The molecule has 0 fully saturated rings. The van der Waals surface area contributed by atoms with Crippen LogP contribution in [0.15, 0.2) is 72.9 Å². The van der Waals surface area contributed by atoms with E-state index in [-0.39, 0.29) is 6.04 Å². The van der Waals surface area contributed by atoms with E-state index >= 15 is 0 Å². The minimum absolute atomic E-state index is 0.136. The van der Waals surface area contributed by atoms with Crippen molar-refractivity contribution in [1.29, 1.82) is 0 Å². The second kappa shape index (κ2) is 5.86. The third-order valence-corrected chi connectivity index (χ3v) is 4.45. The molecule has 2 aromatic carbocycles. The molecule has 0 aliphatic carbocycles. The fourth-order valence-electron chi connectivity index (χ4n) is 3.17. The van der Waals surface area contributed by atoms with E-state index in [0.717, 1.165) is 29.9 Å². The highest BCUT2D eigenvalue weighted by Crippen LogP contribution is 2.33. The number of nitrogens with two attached hydrogens (primary N) is 1. The van der Waals surface area contributed by atoms with Crippen molar-refractivity contribution in [2.24, 2.45) is 5.73 Å². The molecular weight excluding hydrogens is 282 g/mol. The van der Waals surface area contributed by atoms with E-state index < -0.39 is 0 Å². The first-order valence-electron chi connectivity index (χ1n) is 7.95. The quantitative estimate of drug-likeness (QED) is 0.799. The summed E-state index contributed by atoms with van der Waals surface area (Å²) in [6, 6.07) is 22.7. The van der Waals surface area contributed by atoms with Crippen LogP contribution >= 0.6 is 0 Å². The van der Waals surface area contributed by atoms with Crippen molar-refractivity contribution in [3.05, 3.63) is 89.6 Å². The molecule has 1 aliphatic rings. The summed E-state index contributed by atoms with van der Waals surface area (Å²) in [5.41, 5.74) is 11.1. The predicted octanol–water partition coefficient (Wildman–Crippen LogP) is 3.82. The summed E-state index contributed by atoms with van der Waals surface area (Å²) in [7, 11) is 0. The van der Waals surface area contributed by atoms with Crippen LogP contribution in [-0.2, 0) is 6.42 Å². The first kappa shape index (κ1) is 14.0. The standard InChI is InChI=1S/C20H19N3/c21-20(16-7-2-1-3-8-16)17-10-11-19(22-14-17)23-13-12-15-6-4-5-9-18(15)23/h1-11,14,20H,12-13,21H2. The number of aromatic nitrogens is 1. The number of hydrogen-bond donors (Lipinski definition) is 1. The van der Waals surface area contributed by atoms with Crippen LogP contribution in [-0.4, -0.2) is 11.5 Å². The van der Waals surface area contributed by atoms with E-state index in [1.54, 1.807) is 0 Å². The Balaban J connectivity index is 1.60. The largest absolute Gasteiger partial charge is 0.326 e. The lowest BCUT2D eigenvalue weighted by molar-refractivity contribution is 0.860. The number of rotatable bonds is 3. The van der Waals surface area contributed by atoms with Crippen molar-refractivity contribution in [1.82, 2.24) is 4.98 Å². The Morgan fingerprint density at radius 2 is 1.65 bits per heavy atom. The van der Waals surface area contributed by atoms with Gasteiger partial charge >= 0.3 is 0 Å². The molecule has 1 aliphatic heterocycles. The highest BCUT2D eigenvalue weighted by Gasteiger charge is 2.20. The average Bonchev–Trinajstić information content (AvgIpc) is 3.06. The molecule has 0 saturated heterocycles. The summed E-state index contributed by atoms with van der Waals surface area (Å²) < 4.78 is 0. The van der Waals surface area contributed by atoms with Gasteiger partial charge in [0.05, 0.1) is 6.04 Å². The lowest BCUT2D eigenvalue weighted by atomic mass is 10.0. The Morgan fingerprint density at radius 1 is 0.870 bits per heavy atom. The molecule has 0 spiro atoms. The van der Waals surface area contributed by atoms with E-state index in [1.165, 1.54) is 11.3 Å². The van der Waals surface area contributed by atoms with Gasteiger partial charge in [0, 0.05) is 18.4 Å². The van der Waals surface area contributed by atoms with Crippen LogP contribution in [0.25, 0.3) is 0 Å². The van der Waals surface area contributed by atoms with Gasteiger partial charge in [-0.25, -0.2) is 4.98 Å². The molecule has 23 heavy (non-hydrogen) atoms. The third-order valence-electron chi connectivity index (χ3n) is 4.45. The average molecular weight is 301 g/mol. The Labute approximate surface area is 136 Å². The second-order valence-electron chi connectivity index (χ2n) is 5.87. The van der Waals surface area contributed by atoms with Crippen LogP contribution in [0.5, 0.6) is 0 Å². The molecule has 0 radical (unpaired) electrons. The lowest BCUT2D eigenvalue weighted by Gasteiger charge is -2.19. The Morgan fingerprint density at radius 3 is 2.43 bits per heavy atom. The molecule has 3 heteroatoms. The van der Waals surface area contributed by atoms with Gasteiger partial charge in [-0.3, -0.25) is 0 Å². The number of fused-ring (bicyclic) bond motifs is 1. The molecule has 0 amide bonds. The number of nitrogens with zero attached hydrogens (tertiary/aromatic N) is 2. The van der Waals surface area contributed by atoms with Gasteiger partial charge in [-0.05, 0) is 35.2 Å². The van der Waals surface area contributed by atoms with Crippen LogP contribution in [0.1, 0.15) is 22.7 Å². The normalized spacial score (nSPS) is 14.6. The fourth-order valence-corrected chi connectivity index (χ4v) is 3.17. The topological polar surface area (TPSA) is 42.1 Å². The van der Waals surface area contributed by atoms with Crippen molar-refractivity contribution < 1.29 is 0 Å². The zero-order chi connectivity index (χ0) is 15.6. The third kappa shape index (κ3) is 2.60. The highest BCUT2D eigenvalue weighted by atomic mass is 15.2. The van der Waals surface area contributed by atoms with Gasteiger partial charge in [0.15, 0.2) is 0 Å². The molecule has 0 saturated carbocycles. The molecule has 1 unspecified atom stereocenters. The Hall–Kier alpha value is -2.65. The zero-order valence-corrected chi connectivity index (χ0v) is 12.9. The first-order valence-corrected chi connectivity index (χ1v) is 7.95. The maximum Gasteiger partial charge on any atom is 0.132 e. The van der Waals surface area contributed by atoms with Crippen LogP contribution in [0.3, 0.4) is 0 Å². The maximum atomic E-state index is 6.34. The van der Waals surface area contributed by atoms with Gasteiger partial charge in [-0.2, -0.15) is 0 Å². The van der Waals surface area contributed by atoms with Gasteiger partial charge in [0.1, 0.15) is 5.82 Å². The van der Waals surface area contributed by atoms with Crippen molar-refractivity contribution in [3.8, 4) is 0 Å². The smallest absolute Gasteiger partial charge is 0.132 e. The molecule has 1 aromatic heterocycles. The van der Waals surface area contributed by atoms with Crippen molar-refractivity contribution in [2.75, 3.05) is 11.4 Å². The predicted molar refractivity (Wildman–Crippen MR) is 93.9 cm³/mol. The van der Waals surface area contributed by atoms with Gasteiger partial charge in [0.2, 0.25) is 0 Å². The summed E-state index contributed by atoms with van der Waals surface area (Å²) in [5, 5.41) is 0. The van der Waals surface area contributed by atoms with E-state index in [4.69, 9.17) is 5.73 Å². The number of anilines is 2. The van der Waals surface area contributed by atoms with E-state index in [2.05, 4.69) is 58.4 Å². The molecule has 2 N–H and O–H groups in total. The van der Waals surface area contributed by atoms with Crippen molar-refractivity contribution in [2.45, 2.75) is 12.5 Å². The highest BCUT2D eigenvalue weighted by molar-refractivity contribution is 5.67. The molecule has 3 aromatic rings. The fraction of sp³-hybridized carbons (Fsp3) is 0.150. The minimum Gasteiger partial charge on any atom is -0.326 e. The molecule has 1 atom stereocenters. The minimum atomic E-state index is -0.136. The zero-order valence-electron chi connectivity index (χ0n) is 12.9. The van der Waals surface area contributed by atoms with Gasteiger partial charge in [-0.15, -0.1) is 0 Å². The molecule has 114 valence electrons. The molecule has 2 heterocycles. The summed E-state index contributed by atoms with van der Waals surface area (Å²) in [6.45, 7) is 0.983. The van der Waals surface area contributed by atoms with E-state index in [1.807, 2.05) is 24.4 Å². The Bertz CT molecular complexity index is 797. The second-order valence-corrected chi connectivity index (χ2v) is 5.87. The van der Waals surface area contributed by atoms with Crippen LogP contribution in [0, 0.1) is 0 Å². The van der Waals surface area contributed by atoms with Crippen LogP contribution in [0.4, 0.5) is 11.5 Å². The van der Waals surface area contributed by atoms with Gasteiger partial charge < -0.3 is 10.6 Å². The molecule has 0 bridgehead atoms. The number of benzene rings is 2. The SMILES string of the molecule is NC(c1ccccc1)c1ccc(N2CCc3ccccc32)nc1. The summed E-state index contributed by atoms with van der Waals surface area (Å²) in [4.78, 5) is 6.92. The summed E-state index contributed by atoms with van der Waals surface area (Å²) >= 11 is 0. The van der Waals surface area contributed by atoms with E-state index in [0.29, 0.717) is 0 Å². The van der Waals surface area contributed by atoms with Crippen LogP contribution < -0.4 is 10.6 Å². The van der Waals surface area contributed by atoms with Crippen LogP contribution in [0.2, 0.25) is 0 Å². The summed E-state index contributed by atoms with van der Waals surface area (Å²) in [5.74, 6) is 0.985. The first-order chi connectivity index (χ1) is 11.3. The monoisotopic (exact) mass is 301 g/mol. The maximum absolute atomic E-state index is 6.34. The number of pyridine rings is 1. The van der Waals surface area contributed by atoms with E-state index in [9.17, 15) is 0 Å². The van der Waals surface area contributed by atoms with Crippen molar-refractivity contribution >= 4 is 11.5 Å². The molecule has 3 nitrogen and oxygen atoms in total. The lowest BCUT2D eigenvalue weighted by Crippen LogP contribution is -2.16. The van der Waals surface area contributed by atoms with Crippen molar-refractivity contribution in [3.63, 3.8) is 0 Å².